The average molecular weight is 396 g/mol. The molecule has 1 heterocycles. The first kappa shape index (κ1) is 21.7. The molecule has 7 heteroatoms. The predicted molar refractivity (Wildman–Crippen MR) is 108 cm³/mol. The van der Waals surface area contributed by atoms with Crippen LogP contribution in [-0.4, -0.2) is 44.5 Å². The molecule has 0 aromatic heterocycles. The molecular weight excluding hydrogens is 362 g/mol. The van der Waals surface area contributed by atoms with Crippen LogP contribution >= 0.6 is 0 Å². The number of nitrogens with one attached hydrogen (secondary N) is 2. The van der Waals surface area contributed by atoms with Crippen LogP contribution in [0.1, 0.15) is 52.5 Å². The number of sulfonamides is 1. The molecule has 2 N–H and O–H groups in total. The van der Waals surface area contributed by atoms with Crippen molar-refractivity contribution >= 4 is 16.1 Å². The lowest BCUT2D eigenvalue weighted by Gasteiger charge is -2.34. The third-order valence-electron chi connectivity index (χ3n) is 4.72. The van der Waals surface area contributed by atoms with Gasteiger partial charge < -0.3 is 10.2 Å². The Hall–Kier alpha value is -1.60. The number of hydrogen-bond donors (Lipinski definition) is 2. The lowest BCUT2D eigenvalue weighted by Crippen LogP contribution is -2.51. The van der Waals surface area contributed by atoms with E-state index in [9.17, 15) is 13.2 Å². The monoisotopic (exact) mass is 395 g/mol. The van der Waals surface area contributed by atoms with Gasteiger partial charge in [-0.2, -0.15) is 0 Å². The van der Waals surface area contributed by atoms with Crippen molar-refractivity contribution in [3.05, 3.63) is 29.8 Å². The number of urea groups is 1. The zero-order valence-corrected chi connectivity index (χ0v) is 17.7. The Balaban J connectivity index is 1.82. The maximum absolute atomic E-state index is 12.5. The molecule has 0 bridgehead atoms. The fourth-order valence-electron chi connectivity index (χ4n) is 3.17. The number of nitrogens with zero attached hydrogens (tertiary/aromatic N) is 1. The fraction of sp³-hybridized carbons (Fsp3) is 0.650. The van der Waals surface area contributed by atoms with Gasteiger partial charge in [-0.05, 0) is 63.6 Å². The van der Waals surface area contributed by atoms with Crippen LogP contribution in [0.15, 0.2) is 29.2 Å². The van der Waals surface area contributed by atoms with Crippen molar-refractivity contribution in [2.75, 3.05) is 19.6 Å². The van der Waals surface area contributed by atoms with Gasteiger partial charge in [0, 0.05) is 25.2 Å². The number of likely N-dealkylation sites (tertiary alicyclic amines) is 1. The van der Waals surface area contributed by atoms with Gasteiger partial charge in [-0.25, -0.2) is 17.9 Å². The molecule has 6 nitrogen and oxygen atoms in total. The maximum Gasteiger partial charge on any atom is 0.317 e. The zero-order valence-electron chi connectivity index (χ0n) is 16.9. The number of carbonyl (C=O) groups is 1. The average Bonchev–Trinajstić information content (AvgIpc) is 2.60. The first-order valence-corrected chi connectivity index (χ1v) is 11.2. The highest BCUT2D eigenvalue weighted by atomic mass is 32.2. The van der Waals surface area contributed by atoms with Crippen molar-refractivity contribution in [1.82, 2.24) is 14.9 Å². The summed E-state index contributed by atoms with van der Waals surface area (Å²) in [5, 5.41) is 2.97. The minimum Gasteiger partial charge on any atom is -0.333 e. The van der Waals surface area contributed by atoms with E-state index in [1.54, 1.807) is 12.1 Å². The van der Waals surface area contributed by atoms with Gasteiger partial charge in [0.2, 0.25) is 10.0 Å². The Morgan fingerprint density at radius 2 is 1.74 bits per heavy atom. The Labute approximate surface area is 163 Å². The molecule has 1 aromatic rings. The molecule has 27 heavy (non-hydrogen) atoms. The Kier molecular flexibility index (Phi) is 7.28. The Morgan fingerprint density at radius 3 is 2.26 bits per heavy atom. The molecule has 1 saturated heterocycles. The second kappa shape index (κ2) is 9.06. The molecule has 1 aliphatic heterocycles. The van der Waals surface area contributed by atoms with E-state index < -0.39 is 10.0 Å². The van der Waals surface area contributed by atoms with Gasteiger partial charge in [0.05, 0.1) is 4.90 Å². The molecule has 1 aliphatic rings. The van der Waals surface area contributed by atoms with Crippen molar-refractivity contribution in [2.45, 2.75) is 63.8 Å². The van der Waals surface area contributed by atoms with Gasteiger partial charge in [0.1, 0.15) is 0 Å². The number of benzene rings is 1. The van der Waals surface area contributed by atoms with Gasteiger partial charge in [0.15, 0.2) is 0 Å². The molecule has 1 fully saturated rings. The highest BCUT2D eigenvalue weighted by Gasteiger charge is 2.26. The summed E-state index contributed by atoms with van der Waals surface area (Å²) >= 11 is 0. The highest BCUT2D eigenvalue weighted by Crippen LogP contribution is 2.18. The summed E-state index contributed by atoms with van der Waals surface area (Å²) in [6, 6.07) is 7.06. The summed E-state index contributed by atoms with van der Waals surface area (Å²) in [6.45, 7) is 9.70. The first-order chi connectivity index (χ1) is 12.6. The third kappa shape index (κ3) is 6.81. The van der Waals surface area contributed by atoms with Crippen LogP contribution in [0.4, 0.5) is 4.79 Å². The van der Waals surface area contributed by atoms with Crippen LogP contribution in [0.2, 0.25) is 0 Å². The van der Waals surface area contributed by atoms with Crippen molar-refractivity contribution in [2.24, 2.45) is 5.92 Å². The molecule has 2 amide bonds. The third-order valence-corrected chi connectivity index (χ3v) is 6.16. The van der Waals surface area contributed by atoms with E-state index in [0.717, 1.165) is 31.2 Å². The topological polar surface area (TPSA) is 78.5 Å². The number of hydrogen-bond acceptors (Lipinski definition) is 3. The summed E-state index contributed by atoms with van der Waals surface area (Å²) in [5.41, 5.74) is 0.897. The SMILES string of the molecule is CCCc1ccc(S(=O)(=O)NCC2CCN(C(=O)NC(C)(C)C)CC2)cc1. The second-order valence-corrected chi connectivity index (χ2v) is 10.1. The lowest BCUT2D eigenvalue weighted by molar-refractivity contribution is 0.163. The van der Waals surface area contributed by atoms with E-state index in [0.29, 0.717) is 24.5 Å². The number of carbonyl (C=O) groups excluding carboxylic acids is 1. The largest absolute Gasteiger partial charge is 0.333 e. The molecular formula is C20H33N3O3S. The normalized spacial score (nSPS) is 16.4. The van der Waals surface area contributed by atoms with Crippen LogP contribution < -0.4 is 10.0 Å². The number of amides is 2. The molecule has 152 valence electrons. The van der Waals surface area contributed by atoms with Gasteiger partial charge in [-0.15, -0.1) is 0 Å². The summed E-state index contributed by atoms with van der Waals surface area (Å²) < 4.78 is 27.7. The highest BCUT2D eigenvalue weighted by molar-refractivity contribution is 7.89. The van der Waals surface area contributed by atoms with E-state index in [1.807, 2.05) is 37.8 Å². The summed E-state index contributed by atoms with van der Waals surface area (Å²) in [6.07, 6.45) is 3.59. The summed E-state index contributed by atoms with van der Waals surface area (Å²) in [5.74, 6) is 0.248. The Morgan fingerprint density at radius 1 is 1.15 bits per heavy atom. The standard InChI is InChI=1S/C20H33N3O3S/c1-5-6-16-7-9-18(10-8-16)27(25,26)21-15-17-11-13-23(14-12-17)19(24)22-20(2,3)4/h7-10,17,21H,5-6,11-15H2,1-4H3,(H,22,24). The number of rotatable bonds is 6. The van der Waals surface area contributed by atoms with Crippen LogP contribution in [0.25, 0.3) is 0 Å². The summed E-state index contributed by atoms with van der Waals surface area (Å²) in [4.78, 5) is 14.3. The van der Waals surface area contributed by atoms with E-state index in [4.69, 9.17) is 0 Å². The zero-order chi connectivity index (χ0) is 20.1. The Bertz CT molecular complexity index is 716. The molecule has 1 aromatic carbocycles. The summed E-state index contributed by atoms with van der Waals surface area (Å²) in [7, 11) is -3.49. The first-order valence-electron chi connectivity index (χ1n) is 9.76. The van der Waals surface area contributed by atoms with E-state index in [-0.39, 0.29) is 17.5 Å². The molecule has 0 radical (unpaired) electrons. The molecule has 2 rings (SSSR count). The number of aryl methyl sites for hydroxylation is 1. The lowest BCUT2D eigenvalue weighted by atomic mass is 9.97. The molecule has 0 atom stereocenters. The van der Waals surface area contributed by atoms with Crippen molar-refractivity contribution in [1.29, 1.82) is 0 Å². The van der Waals surface area contributed by atoms with Crippen LogP contribution in [0, 0.1) is 5.92 Å². The van der Waals surface area contributed by atoms with Gasteiger partial charge >= 0.3 is 6.03 Å². The fourth-order valence-corrected chi connectivity index (χ4v) is 4.29. The quantitative estimate of drug-likeness (QED) is 0.777. The maximum atomic E-state index is 12.5. The van der Waals surface area contributed by atoms with Crippen LogP contribution in [0.5, 0.6) is 0 Å². The second-order valence-electron chi connectivity index (χ2n) is 8.36. The smallest absolute Gasteiger partial charge is 0.317 e. The van der Waals surface area contributed by atoms with Gasteiger partial charge in [-0.1, -0.05) is 25.5 Å². The minimum absolute atomic E-state index is 0.0475. The van der Waals surface area contributed by atoms with Gasteiger partial charge in [0.25, 0.3) is 0 Å². The van der Waals surface area contributed by atoms with Crippen LogP contribution in [-0.2, 0) is 16.4 Å². The predicted octanol–water partition coefficient (Wildman–Crippen LogP) is 3.14. The van der Waals surface area contributed by atoms with E-state index in [1.165, 1.54) is 0 Å². The van der Waals surface area contributed by atoms with E-state index >= 15 is 0 Å². The molecule has 0 aliphatic carbocycles. The van der Waals surface area contributed by atoms with Crippen molar-refractivity contribution < 1.29 is 13.2 Å². The minimum atomic E-state index is -3.49. The van der Waals surface area contributed by atoms with Crippen LogP contribution in [0.3, 0.4) is 0 Å². The molecule has 0 unspecified atom stereocenters. The van der Waals surface area contributed by atoms with Gasteiger partial charge in [-0.3, -0.25) is 0 Å². The van der Waals surface area contributed by atoms with E-state index in [2.05, 4.69) is 17.0 Å². The van der Waals surface area contributed by atoms with Crippen molar-refractivity contribution in [3.63, 3.8) is 0 Å². The van der Waals surface area contributed by atoms with Crippen molar-refractivity contribution in [3.8, 4) is 0 Å². The molecule has 0 saturated carbocycles. The molecule has 0 spiro atoms. The number of piperidine rings is 1.